The molecular weight excluding hydrogens is 234 g/mol. The molecule has 2 rings (SSSR count). The third kappa shape index (κ3) is 1.21. The normalized spacial score (nSPS) is 10.5. The van der Waals surface area contributed by atoms with Crippen LogP contribution in [0.5, 0.6) is 0 Å². The number of carbonyl (C=O) groups is 1. The number of aromatic nitrogens is 2. The minimum Gasteiger partial charge on any atom is -0.350 e. The van der Waals surface area contributed by atoms with E-state index in [0.717, 1.165) is 10.1 Å². The largest absolute Gasteiger partial charge is 0.350 e. The molecule has 0 bridgehead atoms. The first-order valence-electron chi connectivity index (χ1n) is 3.54. The van der Waals surface area contributed by atoms with Crippen molar-refractivity contribution in [2.45, 2.75) is 0 Å². The van der Waals surface area contributed by atoms with Crippen molar-refractivity contribution in [2.24, 2.45) is 5.73 Å². The minimum atomic E-state index is -0.595. The Hall–Kier alpha value is -1.36. The summed E-state index contributed by atoms with van der Waals surface area (Å²) in [6, 6.07) is 7.48. The lowest BCUT2D eigenvalue weighted by molar-refractivity contribution is 0.248. The molecule has 1 heterocycles. The average molecular weight is 239 g/mol. The predicted octanol–water partition coefficient (Wildman–Crippen LogP) is 1.53. The molecule has 2 aromatic rings. The lowest BCUT2D eigenvalue weighted by Gasteiger charge is -1.93. The van der Waals surface area contributed by atoms with Crippen molar-refractivity contribution in [3.63, 3.8) is 0 Å². The molecule has 0 spiro atoms. The van der Waals surface area contributed by atoms with Crippen LogP contribution in [0.4, 0.5) is 4.79 Å². The zero-order chi connectivity index (χ0) is 9.42. The molecule has 0 saturated carbocycles. The van der Waals surface area contributed by atoms with E-state index in [9.17, 15) is 4.79 Å². The first kappa shape index (κ1) is 8.25. The van der Waals surface area contributed by atoms with Gasteiger partial charge in [-0.25, -0.2) is 4.79 Å². The molecule has 1 amide bonds. The maximum Gasteiger partial charge on any atom is 0.340 e. The second-order valence-corrected chi connectivity index (χ2v) is 3.24. The van der Waals surface area contributed by atoms with Gasteiger partial charge in [0.25, 0.3) is 0 Å². The average Bonchev–Trinajstić information content (AvgIpc) is 2.45. The molecule has 0 unspecified atom stereocenters. The molecule has 0 saturated heterocycles. The Morgan fingerprint density at radius 2 is 2.46 bits per heavy atom. The van der Waals surface area contributed by atoms with E-state index in [1.54, 1.807) is 18.2 Å². The molecule has 0 aliphatic heterocycles. The van der Waals surface area contributed by atoms with E-state index in [1.165, 1.54) is 0 Å². The quantitative estimate of drug-likeness (QED) is 0.757. The highest BCUT2D eigenvalue weighted by Gasteiger charge is 2.10. The number of fused-ring (bicyclic) bond motifs is 1. The highest BCUT2D eigenvalue weighted by molar-refractivity contribution is 9.10. The van der Waals surface area contributed by atoms with E-state index in [-0.39, 0.29) is 0 Å². The molecule has 1 radical (unpaired) electrons. The van der Waals surface area contributed by atoms with Crippen molar-refractivity contribution in [3.05, 3.63) is 28.9 Å². The second kappa shape index (κ2) is 2.85. The van der Waals surface area contributed by atoms with Crippen molar-refractivity contribution in [1.82, 2.24) is 9.78 Å². The van der Waals surface area contributed by atoms with Gasteiger partial charge in [-0.05, 0) is 34.1 Å². The summed E-state index contributed by atoms with van der Waals surface area (Å²) in [5.74, 6) is 0. The SMILES string of the molecule is NC(=O)n1nc(Br)c2c[c]ccc21. The van der Waals surface area contributed by atoms with Crippen LogP contribution in [-0.2, 0) is 0 Å². The number of hydrogen-bond donors (Lipinski definition) is 1. The molecule has 1 aromatic carbocycles. The monoisotopic (exact) mass is 238 g/mol. The van der Waals surface area contributed by atoms with Gasteiger partial charge in [0.15, 0.2) is 0 Å². The summed E-state index contributed by atoms with van der Waals surface area (Å²) in [6.45, 7) is 0. The number of carbonyl (C=O) groups excluding carboxylic acids is 1. The Labute approximate surface area is 82.5 Å². The molecule has 0 fully saturated rings. The fourth-order valence-electron chi connectivity index (χ4n) is 1.14. The van der Waals surface area contributed by atoms with Gasteiger partial charge in [0.2, 0.25) is 0 Å². The summed E-state index contributed by atoms with van der Waals surface area (Å²) in [6.07, 6.45) is 0. The van der Waals surface area contributed by atoms with E-state index in [1.807, 2.05) is 0 Å². The van der Waals surface area contributed by atoms with Crippen molar-refractivity contribution in [1.29, 1.82) is 0 Å². The minimum absolute atomic E-state index is 0.595. The van der Waals surface area contributed by atoms with Crippen LogP contribution in [0.2, 0.25) is 0 Å². The van der Waals surface area contributed by atoms with Gasteiger partial charge in [-0.1, -0.05) is 6.07 Å². The van der Waals surface area contributed by atoms with Crippen LogP contribution >= 0.6 is 15.9 Å². The lowest BCUT2D eigenvalue weighted by atomic mass is 10.3. The van der Waals surface area contributed by atoms with Crippen molar-refractivity contribution in [2.75, 3.05) is 0 Å². The van der Waals surface area contributed by atoms with E-state index >= 15 is 0 Å². The van der Waals surface area contributed by atoms with E-state index < -0.39 is 6.03 Å². The van der Waals surface area contributed by atoms with E-state index in [0.29, 0.717) is 10.1 Å². The second-order valence-electron chi connectivity index (χ2n) is 2.48. The Balaban J connectivity index is 2.85. The maximum atomic E-state index is 10.9. The molecule has 13 heavy (non-hydrogen) atoms. The fraction of sp³-hybridized carbons (Fsp3) is 0. The number of hydrogen-bond acceptors (Lipinski definition) is 2. The highest BCUT2D eigenvalue weighted by Crippen LogP contribution is 2.21. The van der Waals surface area contributed by atoms with Crippen molar-refractivity contribution in [3.8, 4) is 0 Å². The van der Waals surface area contributed by atoms with Gasteiger partial charge in [-0.3, -0.25) is 0 Å². The van der Waals surface area contributed by atoms with Gasteiger partial charge in [0, 0.05) is 5.39 Å². The highest BCUT2D eigenvalue weighted by atomic mass is 79.9. The van der Waals surface area contributed by atoms with Gasteiger partial charge < -0.3 is 5.73 Å². The summed E-state index contributed by atoms with van der Waals surface area (Å²) in [7, 11) is 0. The third-order valence-electron chi connectivity index (χ3n) is 1.69. The van der Waals surface area contributed by atoms with Crippen LogP contribution in [-0.4, -0.2) is 15.8 Å². The standard InChI is InChI=1S/C8H5BrN3O/c9-7-5-3-1-2-4-6(5)12(11-7)8(10)13/h2-4H,(H2,10,13). The zero-order valence-electron chi connectivity index (χ0n) is 6.49. The fourth-order valence-corrected chi connectivity index (χ4v) is 1.61. The van der Waals surface area contributed by atoms with E-state index in [2.05, 4.69) is 27.1 Å². The molecule has 0 aliphatic rings. The van der Waals surface area contributed by atoms with Crippen LogP contribution in [0.1, 0.15) is 0 Å². The number of amides is 1. The van der Waals surface area contributed by atoms with Gasteiger partial charge >= 0.3 is 6.03 Å². The molecule has 0 aliphatic carbocycles. The Kier molecular flexibility index (Phi) is 1.81. The lowest BCUT2D eigenvalue weighted by Crippen LogP contribution is -2.20. The molecule has 4 nitrogen and oxygen atoms in total. The maximum absolute atomic E-state index is 10.9. The van der Waals surface area contributed by atoms with Gasteiger partial charge in [0.05, 0.1) is 5.52 Å². The van der Waals surface area contributed by atoms with Crippen molar-refractivity contribution >= 4 is 32.9 Å². The summed E-state index contributed by atoms with van der Waals surface area (Å²) in [4.78, 5) is 10.9. The Bertz CT molecular complexity index is 477. The van der Waals surface area contributed by atoms with Gasteiger partial charge in [-0.15, -0.1) is 0 Å². The van der Waals surface area contributed by atoms with Gasteiger partial charge in [0.1, 0.15) is 4.60 Å². The number of benzene rings is 1. The first-order chi connectivity index (χ1) is 6.20. The molecule has 1 aromatic heterocycles. The summed E-state index contributed by atoms with van der Waals surface area (Å²) in [5.41, 5.74) is 5.80. The summed E-state index contributed by atoms with van der Waals surface area (Å²) < 4.78 is 1.74. The van der Waals surface area contributed by atoms with Crippen LogP contribution in [0.25, 0.3) is 10.9 Å². The number of nitrogens with two attached hydrogens (primary N) is 1. The van der Waals surface area contributed by atoms with Crippen LogP contribution in [0.15, 0.2) is 22.8 Å². The molecular formula is C8H5BrN3O. The topological polar surface area (TPSA) is 60.9 Å². The molecule has 5 heteroatoms. The summed E-state index contributed by atoms with van der Waals surface area (Å²) in [5, 5.41) is 4.75. The number of primary amides is 1. The number of rotatable bonds is 0. The Morgan fingerprint density at radius 3 is 3.15 bits per heavy atom. The third-order valence-corrected chi connectivity index (χ3v) is 2.27. The smallest absolute Gasteiger partial charge is 0.340 e. The Morgan fingerprint density at radius 1 is 1.69 bits per heavy atom. The van der Waals surface area contributed by atoms with Crippen LogP contribution < -0.4 is 5.73 Å². The summed E-state index contributed by atoms with van der Waals surface area (Å²) >= 11 is 3.23. The molecule has 65 valence electrons. The number of nitrogens with zero attached hydrogens (tertiary/aromatic N) is 2. The van der Waals surface area contributed by atoms with Gasteiger partial charge in [-0.2, -0.15) is 9.78 Å². The number of halogens is 1. The van der Waals surface area contributed by atoms with Crippen LogP contribution in [0.3, 0.4) is 0 Å². The van der Waals surface area contributed by atoms with E-state index in [4.69, 9.17) is 5.73 Å². The molecule has 2 N–H and O–H groups in total. The van der Waals surface area contributed by atoms with Crippen molar-refractivity contribution < 1.29 is 4.79 Å². The molecule has 0 atom stereocenters. The zero-order valence-corrected chi connectivity index (χ0v) is 8.08. The van der Waals surface area contributed by atoms with Crippen LogP contribution in [0, 0.1) is 6.07 Å². The predicted molar refractivity (Wildman–Crippen MR) is 51.3 cm³/mol. The first-order valence-corrected chi connectivity index (χ1v) is 4.33.